The largest absolute Gasteiger partial charge is 0.309 e. The minimum absolute atomic E-state index is 0.629. The molecular weight excluding hydrogens is 731 g/mol. The zero-order chi connectivity index (χ0) is 39.6. The molecule has 3 heterocycles. The van der Waals surface area contributed by atoms with Crippen molar-refractivity contribution < 1.29 is 0 Å². The fourth-order valence-corrected chi connectivity index (χ4v) is 9.03. The summed E-state index contributed by atoms with van der Waals surface area (Å²) in [6.07, 6.45) is 0. The van der Waals surface area contributed by atoms with Gasteiger partial charge in [-0.25, -0.2) is 15.0 Å². The van der Waals surface area contributed by atoms with Gasteiger partial charge in [0.05, 0.1) is 27.8 Å². The predicted octanol–water partition coefficient (Wildman–Crippen LogP) is 13.9. The van der Waals surface area contributed by atoms with Crippen LogP contribution in [0.1, 0.15) is 0 Å². The number of fused-ring (bicyclic) bond motifs is 8. The molecule has 60 heavy (non-hydrogen) atoms. The third-order valence-corrected chi connectivity index (χ3v) is 11.7. The van der Waals surface area contributed by atoms with E-state index in [1.54, 1.807) is 0 Å². The van der Waals surface area contributed by atoms with Gasteiger partial charge in [0.2, 0.25) is 0 Å². The van der Waals surface area contributed by atoms with Gasteiger partial charge >= 0.3 is 0 Å². The molecule has 0 aliphatic carbocycles. The van der Waals surface area contributed by atoms with E-state index in [2.05, 4.69) is 197 Å². The first kappa shape index (κ1) is 33.9. The summed E-state index contributed by atoms with van der Waals surface area (Å²) in [5.74, 6) is 1.90. The van der Waals surface area contributed by atoms with E-state index in [9.17, 15) is 0 Å². The van der Waals surface area contributed by atoms with E-state index < -0.39 is 0 Å². The highest BCUT2D eigenvalue weighted by molar-refractivity contribution is 6.26. The first-order chi connectivity index (χ1) is 29.8. The molecule has 0 fully saturated rings. The first-order valence-electron chi connectivity index (χ1n) is 20.3. The molecule has 5 heteroatoms. The normalized spacial score (nSPS) is 11.7. The van der Waals surface area contributed by atoms with Gasteiger partial charge in [-0.15, -0.1) is 0 Å². The highest BCUT2D eigenvalue weighted by Gasteiger charge is 2.22. The number of aromatic nitrogens is 5. The lowest BCUT2D eigenvalue weighted by molar-refractivity contribution is 1.07. The summed E-state index contributed by atoms with van der Waals surface area (Å²) in [7, 11) is 0. The van der Waals surface area contributed by atoms with Crippen molar-refractivity contribution in [1.82, 2.24) is 24.1 Å². The van der Waals surface area contributed by atoms with Gasteiger partial charge in [0, 0.05) is 49.3 Å². The van der Waals surface area contributed by atoms with Crippen LogP contribution in [0, 0.1) is 0 Å². The second-order valence-electron chi connectivity index (χ2n) is 15.2. The summed E-state index contributed by atoms with van der Waals surface area (Å²) in [6.45, 7) is 0. The van der Waals surface area contributed by atoms with E-state index in [-0.39, 0.29) is 0 Å². The van der Waals surface area contributed by atoms with Crippen molar-refractivity contribution in [1.29, 1.82) is 0 Å². The van der Waals surface area contributed by atoms with Gasteiger partial charge in [0.25, 0.3) is 0 Å². The smallest absolute Gasteiger partial charge is 0.164 e. The number of benzene rings is 9. The number of nitrogens with zero attached hydrogens (tertiary/aromatic N) is 5. The van der Waals surface area contributed by atoms with Gasteiger partial charge in [-0.05, 0) is 65.0 Å². The average molecular weight is 766 g/mol. The Bertz CT molecular complexity index is 3590. The second-order valence-corrected chi connectivity index (χ2v) is 15.2. The molecule has 0 N–H and O–H groups in total. The Morgan fingerprint density at radius 3 is 1.60 bits per heavy atom. The molecule has 0 amide bonds. The summed E-state index contributed by atoms with van der Waals surface area (Å²) in [4.78, 5) is 15.3. The van der Waals surface area contributed by atoms with Crippen molar-refractivity contribution in [2.24, 2.45) is 0 Å². The maximum atomic E-state index is 5.15. The summed E-state index contributed by atoms with van der Waals surface area (Å²) in [6, 6.07) is 75.1. The average Bonchev–Trinajstić information content (AvgIpc) is 3.85. The molecule has 0 bridgehead atoms. The molecule has 0 aliphatic rings. The highest BCUT2D eigenvalue weighted by Crippen LogP contribution is 2.43. The molecule has 0 atom stereocenters. The van der Waals surface area contributed by atoms with Gasteiger partial charge in [-0.2, -0.15) is 0 Å². The molecule has 0 radical (unpaired) electrons. The Morgan fingerprint density at radius 2 is 0.850 bits per heavy atom. The van der Waals surface area contributed by atoms with Crippen molar-refractivity contribution in [3.8, 4) is 56.7 Å². The van der Waals surface area contributed by atoms with Crippen LogP contribution >= 0.6 is 0 Å². The van der Waals surface area contributed by atoms with Crippen molar-refractivity contribution in [3.05, 3.63) is 212 Å². The lowest BCUT2D eigenvalue weighted by Crippen LogP contribution is -2.00. The Kier molecular flexibility index (Phi) is 7.78. The Labute approximate surface area is 346 Å². The Balaban J connectivity index is 1.05. The highest BCUT2D eigenvalue weighted by atomic mass is 15.0. The van der Waals surface area contributed by atoms with Crippen molar-refractivity contribution in [2.45, 2.75) is 0 Å². The van der Waals surface area contributed by atoms with Crippen LogP contribution in [0.4, 0.5) is 0 Å². The molecule has 0 spiro atoms. The van der Waals surface area contributed by atoms with Crippen molar-refractivity contribution >= 4 is 54.4 Å². The third kappa shape index (κ3) is 5.44. The maximum Gasteiger partial charge on any atom is 0.164 e. The molecule has 0 saturated heterocycles. The van der Waals surface area contributed by atoms with E-state index >= 15 is 0 Å². The van der Waals surface area contributed by atoms with Crippen LogP contribution in [0.25, 0.3) is 111 Å². The van der Waals surface area contributed by atoms with Crippen LogP contribution < -0.4 is 0 Å². The van der Waals surface area contributed by atoms with Gasteiger partial charge < -0.3 is 9.13 Å². The monoisotopic (exact) mass is 765 g/mol. The fraction of sp³-hybridized carbons (Fsp3) is 0. The SMILES string of the molecule is c1ccc(-c2cccc(-c3nc(-c4ccccc4)nc(-c4ccc5c(-n6c7ccccc7c7c6ccc6c8ccccc8n(-c8ccccc8)c67)cccc5c4)n3)c2)cc1. The standard InChI is InChI=1S/C55H35N5/c1-4-16-36(17-5-1)38-20-14-22-40(34-38)54-56-53(37-18-6-2-7-19-37)57-55(58-54)41-30-31-43-39(35-41)21-15-29-47(43)60-49-28-13-11-26-46(49)51-50(60)33-32-45-44-25-10-12-27-48(44)59(52(45)51)42-23-8-3-9-24-42/h1-35H. The van der Waals surface area contributed by atoms with Crippen LogP contribution in [0.5, 0.6) is 0 Å². The summed E-state index contributed by atoms with van der Waals surface area (Å²) in [5.41, 5.74) is 12.1. The molecule has 12 aromatic rings. The minimum Gasteiger partial charge on any atom is -0.309 e. The fourth-order valence-electron chi connectivity index (χ4n) is 9.03. The van der Waals surface area contributed by atoms with E-state index in [1.807, 2.05) is 24.3 Å². The lowest BCUT2D eigenvalue weighted by atomic mass is 10.0. The van der Waals surface area contributed by atoms with Crippen molar-refractivity contribution in [3.63, 3.8) is 0 Å². The van der Waals surface area contributed by atoms with Gasteiger partial charge in [-0.3, -0.25) is 0 Å². The molecule has 0 unspecified atom stereocenters. The van der Waals surface area contributed by atoms with Crippen LogP contribution in [0.3, 0.4) is 0 Å². The van der Waals surface area contributed by atoms with Crippen molar-refractivity contribution in [2.75, 3.05) is 0 Å². The zero-order valence-electron chi connectivity index (χ0n) is 32.4. The number of hydrogen-bond donors (Lipinski definition) is 0. The minimum atomic E-state index is 0.629. The van der Waals surface area contributed by atoms with Gasteiger partial charge in [0.1, 0.15) is 0 Å². The summed E-state index contributed by atoms with van der Waals surface area (Å²) in [5, 5.41) is 7.18. The summed E-state index contributed by atoms with van der Waals surface area (Å²) >= 11 is 0. The molecule has 9 aromatic carbocycles. The van der Waals surface area contributed by atoms with Gasteiger partial charge in [0.15, 0.2) is 17.5 Å². The molecule has 5 nitrogen and oxygen atoms in total. The molecule has 12 rings (SSSR count). The topological polar surface area (TPSA) is 48.5 Å². The van der Waals surface area contributed by atoms with E-state index in [0.717, 1.165) is 61.0 Å². The van der Waals surface area contributed by atoms with Crippen LogP contribution in [0.2, 0.25) is 0 Å². The molecular formula is C55H35N5. The van der Waals surface area contributed by atoms with Crippen LogP contribution in [-0.4, -0.2) is 24.1 Å². The van der Waals surface area contributed by atoms with Crippen LogP contribution in [-0.2, 0) is 0 Å². The van der Waals surface area contributed by atoms with E-state index in [4.69, 9.17) is 15.0 Å². The molecule has 0 saturated carbocycles. The van der Waals surface area contributed by atoms with Crippen LogP contribution in [0.15, 0.2) is 212 Å². The van der Waals surface area contributed by atoms with Gasteiger partial charge in [-0.1, -0.05) is 164 Å². The zero-order valence-corrected chi connectivity index (χ0v) is 32.4. The quantitative estimate of drug-likeness (QED) is 0.169. The predicted molar refractivity (Wildman–Crippen MR) is 248 cm³/mol. The number of para-hydroxylation sites is 3. The second kappa shape index (κ2) is 13.8. The molecule has 3 aromatic heterocycles. The molecule has 0 aliphatic heterocycles. The lowest BCUT2D eigenvalue weighted by Gasteiger charge is -2.13. The number of hydrogen-bond acceptors (Lipinski definition) is 3. The summed E-state index contributed by atoms with van der Waals surface area (Å²) < 4.78 is 4.87. The maximum absolute atomic E-state index is 5.15. The Morgan fingerprint density at radius 1 is 0.300 bits per heavy atom. The third-order valence-electron chi connectivity index (χ3n) is 11.7. The number of rotatable bonds is 6. The van der Waals surface area contributed by atoms with E-state index in [1.165, 1.54) is 32.6 Å². The first-order valence-corrected chi connectivity index (χ1v) is 20.3. The molecule has 280 valence electrons. The Hall–Kier alpha value is -8.15. The van der Waals surface area contributed by atoms with E-state index in [0.29, 0.717) is 17.5 Å².